The predicted molar refractivity (Wildman–Crippen MR) is 90.4 cm³/mol. The summed E-state index contributed by atoms with van der Waals surface area (Å²) in [5.74, 6) is 0.785. The van der Waals surface area contributed by atoms with Gasteiger partial charge in [-0.3, -0.25) is 0 Å². The van der Waals surface area contributed by atoms with Crippen LogP contribution < -0.4 is 10.1 Å². The van der Waals surface area contributed by atoms with E-state index in [0.717, 1.165) is 28.3 Å². The zero-order chi connectivity index (χ0) is 15.1. The third-order valence-corrected chi connectivity index (χ3v) is 3.11. The van der Waals surface area contributed by atoms with Crippen LogP contribution in [0.25, 0.3) is 5.57 Å². The van der Waals surface area contributed by atoms with Gasteiger partial charge in [0.2, 0.25) is 0 Å². The Labute approximate surface area is 126 Å². The molecule has 0 aliphatic carbocycles. The molecule has 2 aromatic carbocycles. The number of benzene rings is 2. The van der Waals surface area contributed by atoms with Crippen LogP contribution in [0.15, 0.2) is 85.6 Å². The Kier molecular flexibility index (Phi) is 4.99. The van der Waals surface area contributed by atoms with Crippen molar-refractivity contribution in [3.8, 4) is 5.75 Å². The molecule has 0 bridgehead atoms. The molecule has 0 aliphatic heterocycles. The lowest BCUT2D eigenvalue weighted by atomic mass is 10.0. The van der Waals surface area contributed by atoms with Crippen LogP contribution in [0.4, 0.5) is 5.69 Å². The maximum absolute atomic E-state index is 5.36. The predicted octanol–water partition coefficient (Wildman–Crippen LogP) is 4.89. The second-order valence-corrected chi connectivity index (χ2v) is 4.49. The summed E-state index contributed by atoms with van der Waals surface area (Å²) in [6.07, 6.45) is 3.65. The first kappa shape index (κ1) is 14.7. The van der Waals surface area contributed by atoms with E-state index >= 15 is 0 Å². The summed E-state index contributed by atoms with van der Waals surface area (Å²) in [5, 5.41) is 3.36. The SMILES string of the molecule is C=C/C=C(/Nc1ccccc1OC)C(=C)c1ccccc1. The molecule has 0 aliphatic rings. The molecule has 0 saturated heterocycles. The van der Waals surface area contributed by atoms with Crippen molar-refractivity contribution in [2.75, 3.05) is 12.4 Å². The summed E-state index contributed by atoms with van der Waals surface area (Å²) >= 11 is 0. The normalized spacial score (nSPS) is 10.8. The number of methoxy groups -OCH3 is 1. The number of para-hydroxylation sites is 2. The Morgan fingerprint density at radius 2 is 1.71 bits per heavy atom. The van der Waals surface area contributed by atoms with E-state index < -0.39 is 0 Å². The monoisotopic (exact) mass is 277 g/mol. The fourth-order valence-corrected chi connectivity index (χ4v) is 2.02. The Bertz CT molecular complexity index is 656. The second kappa shape index (κ2) is 7.15. The molecule has 2 heteroatoms. The van der Waals surface area contributed by atoms with E-state index in [4.69, 9.17) is 4.74 Å². The average Bonchev–Trinajstić information content (AvgIpc) is 2.55. The Morgan fingerprint density at radius 1 is 1.05 bits per heavy atom. The summed E-state index contributed by atoms with van der Waals surface area (Å²) in [6.45, 7) is 7.95. The molecular weight excluding hydrogens is 258 g/mol. The maximum Gasteiger partial charge on any atom is 0.142 e. The molecule has 0 heterocycles. The van der Waals surface area contributed by atoms with Crippen molar-refractivity contribution in [3.63, 3.8) is 0 Å². The van der Waals surface area contributed by atoms with Gasteiger partial charge in [0.25, 0.3) is 0 Å². The van der Waals surface area contributed by atoms with Crippen LogP contribution in [0.5, 0.6) is 5.75 Å². The molecule has 0 fully saturated rings. The van der Waals surface area contributed by atoms with Crippen LogP contribution in [0.2, 0.25) is 0 Å². The van der Waals surface area contributed by atoms with Crippen LogP contribution in [0.3, 0.4) is 0 Å². The highest BCUT2D eigenvalue weighted by Crippen LogP contribution is 2.28. The van der Waals surface area contributed by atoms with Crippen molar-refractivity contribution in [2.45, 2.75) is 0 Å². The maximum atomic E-state index is 5.36. The summed E-state index contributed by atoms with van der Waals surface area (Å²) < 4.78 is 5.36. The van der Waals surface area contributed by atoms with Gasteiger partial charge in [-0.05, 0) is 29.3 Å². The average molecular weight is 277 g/mol. The van der Waals surface area contributed by atoms with E-state index in [-0.39, 0.29) is 0 Å². The Hall–Kier alpha value is -2.74. The standard InChI is InChI=1S/C19H19NO/c1-4-10-17(15(2)16-11-6-5-7-12-16)20-18-13-8-9-14-19(18)21-3/h4-14,20H,1-2H2,3H3/b17-10+. The van der Waals surface area contributed by atoms with Crippen molar-refractivity contribution in [1.82, 2.24) is 0 Å². The molecule has 0 atom stereocenters. The summed E-state index contributed by atoms with van der Waals surface area (Å²) in [6, 6.07) is 17.8. The number of anilines is 1. The van der Waals surface area contributed by atoms with Crippen LogP contribution in [-0.2, 0) is 0 Å². The molecule has 21 heavy (non-hydrogen) atoms. The first-order valence-electron chi connectivity index (χ1n) is 6.73. The lowest BCUT2D eigenvalue weighted by Crippen LogP contribution is -2.03. The molecule has 0 amide bonds. The van der Waals surface area contributed by atoms with Gasteiger partial charge < -0.3 is 10.1 Å². The van der Waals surface area contributed by atoms with Gasteiger partial charge in [0, 0.05) is 5.70 Å². The van der Waals surface area contributed by atoms with Gasteiger partial charge in [0.05, 0.1) is 12.8 Å². The first-order chi connectivity index (χ1) is 10.3. The third kappa shape index (κ3) is 3.63. The van der Waals surface area contributed by atoms with E-state index in [1.807, 2.05) is 60.7 Å². The van der Waals surface area contributed by atoms with Crippen molar-refractivity contribution in [1.29, 1.82) is 0 Å². The topological polar surface area (TPSA) is 21.3 Å². The fraction of sp³-hybridized carbons (Fsp3) is 0.0526. The summed E-state index contributed by atoms with van der Waals surface area (Å²) in [7, 11) is 1.66. The van der Waals surface area contributed by atoms with Gasteiger partial charge in [-0.15, -0.1) is 0 Å². The lowest BCUT2D eigenvalue weighted by Gasteiger charge is -2.16. The quantitative estimate of drug-likeness (QED) is 0.759. The lowest BCUT2D eigenvalue weighted by molar-refractivity contribution is 0.417. The third-order valence-electron chi connectivity index (χ3n) is 3.11. The van der Waals surface area contributed by atoms with E-state index in [9.17, 15) is 0 Å². The molecule has 0 radical (unpaired) electrons. The number of ether oxygens (including phenoxy) is 1. The number of allylic oxidation sites excluding steroid dienone is 3. The minimum Gasteiger partial charge on any atom is -0.495 e. The molecule has 0 unspecified atom stereocenters. The number of hydrogen-bond donors (Lipinski definition) is 1. The van der Waals surface area contributed by atoms with E-state index in [1.54, 1.807) is 13.2 Å². The smallest absolute Gasteiger partial charge is 0.142 e. The van der Waals surface area contributed by atoms with Gasteiger partial charge in [-0.1, -0.05) is 61.7 Å². The highest BCUT2D eigenvalue weighted by Gasteiger charge is 2.08. The van der Waals surface area contributed by atoms with Crippen LogP contribution in [-0.4, -0.2) is 7.11 Å². The molecule has 0 saturated carbocycles. The Morgan fingerprint density at radius 3 is 2.38 bits per heavy atom. The van der Waals surface area contributed by atoms with E-state index in [1.165, 1.54) is 0 Å². The van der Waals surface area contributed by atoms with E-state index in [0.29, 0.717) is 0 Å². The number of hydrogen-bond acceptors (Lipinski definition) is 2. The second-order valence-electron chi connectivity index (χ2n) is 4.49. The molecular formula is C19H19NO. The fourth-order valence-electron chi connectivity index (χ4n) is 2.02. The van der Waals surface area contributed by atoms with Crippen molar-refractivity contribution in [3.05, 3.63) is 91.2 Å². The van der Waals surface area contributed by atoms with Crippen molar-refractivity contribution < 1.29 is 4.74 Å². The summed E-state index contributed by atoms with van der Waals surface area (Å²) in [5.41, 5.74) is 3.75. The molecule has 2 aromatic rings. The Balaban J connectivity index is 2.31. The van der Waals surface area contributed by atoms with Crippen molar-refractivity contribution >= 4 is 11.3 Å². The minimum absolute atomic E-state index is 0.785. The van der Waals surface area contributed by atoms with Crippen LogP contribution >= 0.6 is 0 Å². The van der Waals surface area contributed by atoms with Gasteiger partial charge in [-0.25, -0.2) is 0 Å². The van der Waals surface area contributed by atoms with Crippen LogP contribution in [0, 0.1) is 0 Å². The molecule has 2 nitrogen and oxygen atoms in total. The largest absolute Gasteiger partial charge is 0.495 e. The highest BCUT2D eigenvalue weighted by atomic mass is 16.5. The summed E-state index contributed by atoms with van der Waals surface area (Å²) in [4.78, 5) is 0. The number of rotatable bonds is 6. The van der Waals surface area contributed by atoms with E-state index in [2.05, 4.69) is 18.5 Å². The molecule has 0 spiro atoms. The van der Waals surface area contributed by atoms with Gasteiger partial charge in [0.1, 0.15) is 5.75 Å². The molecule has 0 aromatic heterocycles. The molecule has 2 rings (SSSR count). The minimum atomic E-state index is 0.785. The van der Waals surface area contributed by atoms with Crippen LogP contribution in [0.1, 0.15) is 5.56 Å². The number of nitrogens with one attached hydrogen (secondary N) is 1. The van der Waals surface area contributed by atoms with Crippen molar-refractivity contribution in [2.24, 2.45) is 0 Å². The zero-order valence-corrected chi connectivity index (χ0v) is 12.2. The zero-order valence-electron chi connectivity index (χ0n) is 12.2. The van der Waals surface area contributed by atoms with Gasteiger partial charge in [0.15, 0.2) is 0 Å². The van der Waals surface area contributed by atoms with Gasteiger partial charge in [-0.2, -0.15) is 0 Å². The molecule has 106 valence electrons. The molecule has 1 N–H and O–H groups in total. The first-order valence-corrected chi connectivity index (χ1v) is 6.73. The van der Waals surface area contributed by atoms with Gasteiger partial charge >= 0.3 is 0 Å². The highest BCUT2D eigenvalue weighted by molar-refractivity contribution is 5.82.